The van der Waals surface area contributed by atoms with Crippen LogP contribution in [0.15, 0.2) is 18.2 Å². The highest BCUT2D eigenvalue weighted by molar-refractivity contribution is 7.15. The topological polar surface area (TPSA) is 29.1 Å². The predicted molar refractivity (Wildman–Crippen MR) is 80.0 cm³/mol. The molecule has 0 saturated carbocycles. The molecule has 0 aliphatic carbocycles. The fourth-order valence-corrected chi connectivity index (χ4v) is 3.71. The van der Waals surface area contributed by atoms with Crippen LogP contribution in [-0.4, -0.2) is 12.8 Å². The summed E-state index contributed by atoms with van der Waals surface area (Å²) in [6.07, 6.45) is 2.07. The number of carbonyl (C=O) groups excluding carboxylic acids is 1. The number of thiophene rings is 1. The lowest BCUT2D eigenvalue weighted by Crippen LogP contribution is -2.21. The molecular weight excluding hydrogens is 254 g/mol. The Kier molecular flexibility index (Phi) is 3.25. The first-order valence-corrected chi connectivity index (χ1v) is 7.40. The van der Waals surface area contributed by atoms with E-state index in [-0.39, 0.29) is 0 Å². The molecule has 19 heavy (non-hydrogen) atoms. The molecule has 2 heterocycles. The van der Waals surface area contributed by atoms with Crippen LogP contribution in [0.25, 0.3) is 10.4 Å². The van der Waals surface area contributed by atoms with Crippen molar-refractivity contribution in [3.8, 4) is 10.4 Å². The second kappa shape index (κ2) is 4.91. The third-order valence-electron chi connectivity index (χ3n) is 3.87. The van der Waals surface area contributed by atoms with E-state index in [1.165, 1.54) is 26.4 Å². The summed E-state index contributed by atoms with van der Waals surface area (Å²) in [4.78, 5) is 13.9. The van der Waals surface area contributed by atoms with Crippen molar-refractivity contribution in [2.45, 2.75) is 26.8 Å². The van der Waals surface area contributed by atoms with E-state index in [0.717, 1.165) is 36.9 Å². The molecule has 2 aromatic rings. The van der Waals surface area contributed by atoms with Crippen LogP contribution in [0.5, 0.6) is 0 Å². The monoisotopic (exact) mass is 271 g/mol. The van der Waals surface area contributed by atoms with Gasteiger partial charge in [-0.15, -0.1) is 11.3 Å². The van der Waals surface area contributed by atoms with Gasteiger partial charge in [0.05, 0.1) is 0 Å². The number of fused-ring (bicyclic) bond motifs is 1. The van der Waals surface area contributed by atoms with Gasteiger partial charge in [0.15, 0.2) is 0 Å². The number of hydrogen-bond acceptors (Lipinski definition) is 3. The summed E-state index contributed by atoms with van der Waals surface area (Å²) in [6.45, 7) is 6.12. The van der Waals surface area contributed by atoms with Gasteiger partial charge in [-0.25, -0.2) is 0 Å². The molecular formula is C16H17NOS. The summed E-state index contributed by atoms with van der Waals surface area (Å²) in [6, 6.07) is 6.49. The van der Waals surface area contributed by atoms with E-state index in [4.69, 9.17) is 0 Å². The van der Waals surface area contributed by atoms with Crippen molar-refractivity contribution in [2.24, 2.45) is 0 Å². The van der Waals surface area contributed by atoms with Crippen molar-refractivity contribution in [2.75, 3.05) is 6.54 Å². The highest BCUT2D eigenvalue weighted by atomic mass is 32.1. The number of rotatable bonds is 2. The fraction of sp³-hybridized carbons (Fsp3) is 0.312. The largest absolute Gasteiger partial charge is 0.312 e. The van der Waals surface area contributed by atoms with E-state index in [2.05, 4.69) is 24.4 Å². The zero-order chi connectivity index (χ0) is 13.4. The first-order chi connectivity index (χ1) is 9.19. The Morgan fingerprint density at radius 3 is 2.84 bits per heavy atom. The smallest absolute Gasteiger partial charge is 0.150 e. The molecule has 0 amide bonds. The molecule has 1 aliphatic heterocycles. The van der Waals surface area contributed by atoms with Crippen LogP contribution >= 0.6 is 11.3 Å². The second-order valence-electron chi connectivity index (χ2n) is 5.11. The quantitative estimate of drug-likeness (QED) is 0.847. The van der Waals surface area contributed by atoms with Crippen LogP contribution in [0, 0.1) is 13.8 Å². The Hall–Kier alpha value is -1.45. The number of aryl methyl sites for hydroxylation is 1. The minimum absolute atomic E-state index is 0.805. The third-order valence-corrected chi connectivity index (χ3v) is 5.10. The van der Waals surface area contributed by atoms with Gasteiger partial charge in [-0.2, -0.15) is 0 Å². The van der Waals surface area contributed by atoms with Gasteiger partial charge < -0.3 is 5.32 Å². The van der Waals surface area contributed by atoms with Crippen LogP contribution in [0.2, 0.25) is 0 Å². The SMILES string of the molecule is Cc1cc(-c2cc3c(s2)CNCC3)cc(C=O)c1C. The highest BCUT2D eigenvalue weighted by Gasteiger charge is 2.14. The molecule has 2 nitrogen and oxygen atoms in total. The Morgan fingerprint density at radius 1 is 1.26 bits per heavy atom. The van der Waals surface area contributed by atoms with Gasteiger partial charge in [0, 0.05) is 21.9 Å². The standard InChI is InChI=1S/C16H17NOS/c1-10-5-13(6-14(9-18)11(10)2)15-7-12-3-4-17-8-16(12)19-15/h5-7,9,17H,3-4,8H2,1-2H3. The summed E-state index contributed by atoms with van der Waals surface area (Å²) in [5.41, 5.74) is 5.71. The van der Waals surface area contributed by atoms with Crippen LogP contribution in [0.1, 0.15) is 31.9 Å². The van der Waals surface area contributed by atoms with Crippen molar-refractivity contribution in [1.29, 1.82) is 0 Å². The summed E-state index contributed by atoms with van der Waals surface area (Å²) in [7, 11) is 0. The third kappa shape index (κ3) is 2.24. The minimum atomic E-state index is 0.805. The van der Waals surface area contributed by atoms with Crippen LogP contribution in [0.4, 0.5) is 0 Å². The normalized spacial score (nSPS) is 14.2. The Bertz CT molecular complexity index is 619. The van der Waals surface area contributed by atoms with Crippen molar-refractivity contribution in [3.63, 3.8) is 0 Å². The van der Waals surface area contributed by atoms with Crippen molar-refractivity contribution < 1.29 is 4.79 Å². The minimum Gasteiger partial charge on any atom is -0.312 e. The molecule has 0 atom stereocenters. The number of carbonyl (C=O) groups is 1. The van der Waals surface area contributed by atoms with Gasteiger partial charge in [-0.3, -0.25) is 4.79 Å². The molecule has 0 fully saturated rings. The lowest BCUT2D eigenvalue weighted by molar-refractivity contribution is 0.112. The van der Waals surface area contributed by atoms with Crippen molar-refractivity contribution >= 4 is 17.6 Å². The van der Waals surface area contributed by atoms with Gasteiger partial charge in [0.25, 0.3) is 0 Å². The van der Waals surface area contributed by atoms with E-state index in [1.54, 1.807) is 0 Å². The lowest BCUT2D eigenvalue weighted by atomic mass is 9.99. The summed E-state index contributed by atoms with van der Waals surface area (Å²) >= 11 is 1.84. The van der Waals surface area contributed by atoms with Gasteiger partial charge in [0.1, 0.15) is 6.29 Å². The fourth-order valence-electron chi connectivity index (χ4n) is 2.55. The Labute approximate surface area is 117 Å². The Morgan fingerprint density at radius 2 is 2.11 bits per heavy atom. The molecule has 0 unspecified atom stereocenters. The molecule has 0 saturated heterocycles. The molecule has 1 aromatic heterocycles. The summed E-state index contributed by atoms with van der Waals surface area (Å²) in [5.74, 6) is 0. The van der Waals surface area contributed by atoms with Crippen LogP contribution in [0.3, 0.4) is 0 Å². The van der Waals surface area contributed by atoms with Crippen molar-refractivity contribution in [1.82, 2.24) is 5.32 Å². The molecule has 0 bridgehead atoms. The molecule has 1 aromatic carbocycles. The van der Waals surface area contributed by atoms with E-state index in [0.29, 0.717) is 0 Å². The van der Waals surface area contributed by atoms with E-state index < -0.39 is 0 Å². The van der Waals surface area contributed by atoms with Gasteiger partial charge >= 0.3 is 0 Å². The molecule has 1 N–H and O–H groups in total. The van der Waals surface area contributed by atoms with E-state index in [1.807, 2.05) is 24.3 Å². The zero-order valence-electron chi connectivity index (χ0n) is 11.2. The summed E-state index contributed by atoms with van der Waals surface area (Å²) in [5, 5.41) is 3.40. The van der Waals surface area contributed by atoms with Crippen LogP contribution in [-0.2, 0) is 13.0 Å². The first-order valence-electron chi connectivity index (χ1n) is 6.58. The maximum absolute atomic E-state index is 11.2. The highest BCUT2D eigenvalue weighted by Crippen LogP contribution is 2.34. The van der Waals surface area contributed by atoms with Gasteiger partial charge in [-0.05, 0) is 61.2 Å². The van der Waals surface area contributed by atoms with E-state index >= 15 is 0 Å². The Balaban J connectivity index is 2.09. The van der Waals surface area contributed by atoms with Gasteiger partial charge in [0.2, 0.25) is 0 Å². The first kappa shape index (κ1) is 12.6. The molecule has 0 radical (unpaired) electrons. The maximum atomic E-state index is 11.2. The molecule has 3 heteroatoms. The second-order valence-corrected chi connectivity index (χ2v) is 6.25. The van der Waals surface area contributed by atoms with E-state index in [9.17, 15) is 4.79 Å². The van der Waals surface area contributed by atoms with Crippen LogP contribution < -0.4 is 5.32 Å². The molecule has 0 spiro atoms. The van der Waals surface area contributed by atoms with Crippen molar-refractivity contribution in [3.05, 3.63) is 45.3 Å². The predicted octanol–water partition coefficient (Wildman–Crippen LogP) is 3.49. The van der Waals surface area contributed by atoms with Gasteiger partial charge in [-0.1, -0.05) is 6.07 Å². The summed E-state index contributed by atoms with van der Waals surface area (Å²) < 4.78 is 0. The number of aldehydes is 1. The number of benzene rings is 1. The number of nitrogens with one attached hydrogen (secondary N) is 1. The lowest BCUT2D eigenvalue weighted by Gasteiger charge is -2.10. The number of hydrogen-bond donors (Lipinski definition) is 1. The molecule has 1 aliphatic rings. The molecule has 3 rings (SSSR count). The maximum Gasteiger partial charge on any atom is 0.150 e. The zero-order valence-corrected chi connectivity index (χ0v) is 12.1. The molecule has 98 valence electrons. The average Bonchev–Trinajstić information content (AvgIpc) is 2.85. The average molecular weight is 271 g/mol.